The predicted octanol–water partition coefficient (Wildman–Crippen LogP) is 5.19. The lowest BCUT2D eigenvalue weighted by Crippen LogP contribution is -2.61. The lowest BCUT2D eigenvalue weighted by atomic mass is 9.96. The van der Waals surface area contributed by atoms with Gasteiger partial charge in [-0.15, -0.1) is 0 Å². The average molecular weight is 545 g/mol. The molecular formula is C30H44O7Si. The molecule has 1 fully saturated rings. The third-order valence-electron chi connectivity index (χ3n) is 6.31. The Morgan fingerprint density at radius 3 is 1.89 bits per heavy atom. The number of benzene rings is 2. The van der Waals surface area contributed by atoms with Crippen molar-refractivity contribution < 1.29 is 33.6 Å². The Labute approximate surface area is 228 Å². The number of rotatable bonds is 12. The first-order chi connectivity index (χ1) is 17.9. The van der Waals surface area contributed by atoms with Crippen molar-refractivity contribution in [2.75, 3.05) is 13.2 Å². The van der Waals surface area contributed by atoms with E-state index >= 15 is 0 Å². The van der Waals surface area contributed by atoms with E-state index in [1.54, 1.807) is 20.8 Å². The number of aliphatic hydroxyl groups excluding tert-OH is 1. The second kappa shape index (κ2) is 13.8. The summed E-state index contributed by atoms with van der Waals surface area (Å²) in [5, 5.41) is 11.4. The molecule has 1 heterocycles. The number of carbonyl (C=O) groups excluding carboxylic acids is 1. The van der Waals surface area contributed by atoms with Crippen LogP contribution in [-0.2, 0) is 41.7 Å². The van der Waals surface area contributed by atoms with Gasteiger partial charge < -0.3 is 28.8 Å². The Morgan fingerprint density at radius 2 is 1.39 bits per heavy atom. The van der Waals surface area contributed by atoms with Crippen molar-refractivity contribution in [2.45, 2.75) is 90.4 Å². The molecular weight excluding hydrogens is 500 g/mol. The van der Waals surface area contributed by atoms with Crippen molar-refractivity contribution in [2.24, 2.45) is 5.41 Å². The molecule has 0 unspecified atom stereocenters. The molecule has 0 radical (unpaired) electrons. The number of carbonyl (C=O) groups is 1. The lowest BCUT2D eigenvalue weighted by Gasteiger charge is -2.44. The molecule has 1 saturated heterocycles. The van der Waals surface area contributed by atoms with Gasteiger partial charge >= 0.3 is 5.97 Å². The van der Waals surface area contributed by atoms with Gasteiger partial charge in [0.1, 0.15) is 31.0 Å². The predicted molar refractivity (Wildman–Crippen MR) is 149 cm³/mol. The van der Waals surface area contributed by atoms with Crippen LogP contribution in [-0.4, -0.2) is 63.1 Å². The van der Waals surface area contributed by atoms with Crippen LogP contribution in [0.1, 0.15) is 31.9 Å². The number of aliphatic hydroxyl groups is 1. The highest BCUT2D eigenvalue weighted by Gasteiger charge is 2.48. The van der Waals surface area contributed by atoms with Crippen LogP contribution < -0.4 is 0 Å². The molecule has 0 aromatic heterocycles. The Kier molecular flexibility index (Phi) is 11.1. The summed E-state index contributed by atoms with van der Waals surface area (Å²) in [6, 6.07) is 20.5. The first-order valence-electron chi connectivity index (χ1n) is 13.4. The summed E-state index contributed by atoms with van der Waals surface area (Å²) in [5.74, 6) is -0.367. The fourth-order valence-corrected chi connectivity index (χ4v) is 4.65. The Balaban J connectivity index is 1.82. The molecule has 38 heavy (non-hydrogen) atoms. The van der Waals surface area contributed by atoms with Crippen molar-refractivity contribution in [3.05, 3.63) is 71.8 Å². The standard InChI is InChI=1S/C30H44O7Si/c1-30(2,3)29(32)36-21-24-25(31)26(34-19-22-13-9-7-10-14-22)27(35-20-23-15-11-8-12-16-23)28(37-24)33-17-18-38(4,5)6/h7-16,24-28,31H,17-21H2,1-6H3/t24-,25-,26+,27-,28-/m1/s1. The van der Waals surface area contributed by atoms with Gasteiger partial charge in [-0.1, -0.05) is 80.3 Å². The van der Waals surface area contributed by atoms with Gasteiger partial charge in [0.2, 0.25) is 0 Å². The zero-order valence-corrected chi connectivity index (χ0v) is 24.6. The minimum atomic E-state index is -1.36. The summed E-state index contributed by atoms with van der Waals surface area (Å²) in [6.45, 7) is 13.2. The van der Waals surface area contributed by atoms with Crippen LogP contribution in [0.25, 0.3) is 0 Å². The Morgan fingerprint density at radius 1 is 0.868 bits per heavy atom. The number of ether oxygens (including phenoxy) is 5. The summed E-state index contributed by atoms with van der Waals surface area (Å²) >= 11 is 0. The molecule has 7 nitrogen and oxygen atoms in total. The van der Waals surface area contributed by atoms with E-state index in [2.05, 4.69) is 19.6 Å². The highest BCUT2D eigenvalue weighted by molar-refractivity contribution is 6.76. The molecule has 210 valence electrons. The summed E-state index contributed by atoms with van der Waals surface area (Å²) in [5.41, 5.74) is 1.29. The van der Waals surface area contributed by atoms with Crippen LogP contribution in [0.15, 0.2) is 60.7 Å². The van der Waals surface area contributed by atoms with Crippen LogP contribution in [0.5, 0.6) is 0 Å². The maximum absolute atomic E-state index is 12.5. The van der Waals surface area contributed by atoms with Crippen LogP contribution >= 0.6 is 0 Å². The molecule has 1 aliphatic rings. The topological polar surface area (TPSA) is 83.5 Å². The quantitative estimate of drug-likeness (QED) is 0.291. The third kappa shape index (κ3) is 9.59. The maximum atomic E-state index is 12.5. The van der Waals surface area contributed by atoms with E-state index in [0.717, 1.165) is 17.2 Å². The molecule has 8 heteroatoms. The van der Waals surface area contributed by atoms with E-state index in [1.165, 1.54) is 0 Å². The molecule has 1 aliphatic heterocycles. The van der Waals surface area contributed by atoms with Crippen LogP contribution in [0.4, 0.5) is 0 Å². The van der Waals surface area contributed by atoms with Crippen molar-refractivity contribution >= 4 is 14.0 Å². The van der Waals surface area contributed by atoms with E-state index in [0.29, 0.717) is 13.2 Å². The fourth-order valence-electron chi connectivity index (χ4n) is 3.92. The second-order valence-corrected chi connectivity index (χ2v) is 17.7. The van der Waals surface area contributed by atoms with Gasteiger partial charge in [-0.2, -0.15) is 0 Å². The van der Waals surface area contributed by atoms with Crippen molar-refractivity contribution in [1.29, 1.82) is 0 Å². The van der Waals surface area contributed by atoms with Gasteiger partial charge in [-0.3, -0.25) is 4.79 Å². The van der Waals surface area contributed by atoms with Crippen molar-refractivity contribution in [1.82, 2.24) is 0 Å². The molecule has 2 aromatic carbocycles. The van der Waals surface area contributed by atoms with E-state index in [1.807, 2.05) is 60.7 Å². The Bertz CT molecular complexity index is 972. The molecule has 0 amide bonds. The first-order valence-corrected chi connectivity index (χ1v) is 17.1. The zero-order valence-electron chi connectivity index (χ0n) is 23.6. The normalized spacial score (nSPS) is 24.2. The average Bonchev–Trinajstić information content (AvgIpc) is 2.86. The maximum Gasteiger partial charge on any atom is 0.311 e. The van der Waals surface area contributed by atoms with Crippen LogP contribution in [0.2, 0.25) is 25.7 Å². The molecule has 3 rings (SSSR count). The van der Waals surface area contributed by atoms with Crippen molar-refractivity contribution in [3.8, 4) is 0 Å². The summed E-state index contributed by atoms with van der Waals surface area (Å²) in [7, 11) is -1.36. The largest absolute Gasteiger partial charge is 0.462 e. The van der Waals surface area contributed by atoms with Crippen molar-refractivity contribution in [3.63, 3.8) is 0 Å². The highest BCUT2D eigenvalue weighted by atomic mass is 28.3. The minimum Gasteiger partial charge on any atom is -0.462 e. The lowest BCUT2D eigenvalue weighted by molar-refractivity contribution is -0.319. The molecule has 0 saturated carbocycles. The SMILES string of the molecule is CC(C)(C)C(=O)OC[C@H]1O[C@@H](OCC[Si](C)(C)C)[C@H](OCc2ccccc2)[C@@H](OCc2ccccc2)[C@@H]1O. The molecule has 0 spiro atoms. The van der Waals surface area contributed by atoms with E-state index in [4.69, 9.17) is 23.7 Å². The van der Waals surface area contributed by atoms with Gasteiger partial charge in [-0.05, 0) is 37.9 Å². The number of hydrogen-bond donors (Lipinski definition) is 1. The molecule has 5 atom stereocenters. The summed E-state index contributed by atoms with van der Waals surface area (Å²) in [4.78, 5) is 12.5. The first kappa shape index (κ1) is 30.5. The van der Waals surface area contributed by atoms with Gasteiger partial charge in [0.15, 0.2) is 6.29 Å². The zero-order chi connectivity index (χ0) is 27.8. The monoisotopic (exact) mass is 544 g/mol. The molecule has 2 aromatic rings. The van der Waals surface area contributed by atoms with Gasteiger partial charge in [0, 0.05) is 14.7 Å². The molecule has 0 bridgehead atoms. The number of hydrogen-bond acceptors (Lipinski definition) is 7. The van der Waals surface area contributed by atoms with E-state index in [-0.39, 0.29) is 19.2 Å². The van der Waals surface area contributed by atoms with Crippen LogP contribution in [0, 0.1) is 5.41 Å². The smallest absolute Gasteiger partial charge is 0.311 e. The van der Waals surface area contributed by atoms with Gasteiger partial charge in [0.25, 0.3) is 0 Å². The second-order valence-electron chi connectivity index (χ2n) is 12.1. The molecule has 0 aliphatic carbocycles. The Hall–Kier alpha value is -2.07. The minimum absolute atomic E-state index is 0.109. The van der Waals surface area contributed by atoms with Gasteiger partial charge in [-0.25, -0.2) is 0 Å². The van der Waals surface area contributed by atoms with E-state index in [9.17, 15) is 9.90 Å². The van der Waals surface area contributed by atoms with Gasteiger partial charge in [0.05, 0.1) is 18.6 Å². The third-order valence-corrected chi connectivity index (χ3v) is 8.02. The summed E-state index contributed by atoms with van der Waals surface area (Å²) < 4.78 is 30.6. The van der Waals surface area contributed by atoms with E-state index < -0.39 is 44.2 Å². The number of esters is 1. The summed E-state index contributed by atoms with van der Waals surface area (Å²) in [6.07, 6.45) is -4.16. The van der Waals surface area contributed by atoms with Crippen LogP contribution in [0.3, 0.4) is 0 Å². The fraction of sp³-hybridized carbons (Fsp3) is 0.567. The molecule has 1 N–H and O–H groups in total. The highest BCUT2D eigenvalue weighted by Crippen LogP contribution is 2.30.